The summed E-state index contributed by atoms with van der Waals surface area (Å²) in [5, 5.41) is 0. The van der Waals surface area contributed by atoms with Crippen LogP contribution in [0.3, 0.4) is 0 Å². The van der Waals surface area contributed by atoms with E-state index < -0.39 is 17.4 Å². The Labute approximate surface area is 147 Å². The summed E-state index contributed by atoms with van der Waals surface area (Å²) < 4.78 is 15.8. The number of para-hydroxylation sites is 1. The van der Waals surface area contributed by atoms with Crippen molar-refractivity contribution >= 4 is 11.9 Å². The first-order chi connectivity index (χ1) is 11.9. The van der Waals surface area contributed by atoms with Gasteiger partial charge in [0, 0.05) is 0 Å². The Kier molecular flexibility index (Phi) is 6.17. The molecule has 25 heavy (non-hydrogen) atoms. The third-order valence-corrected chi connectivity index (χ3v) is 3.66. The van der Waals surface area contributed by atoms with Crippen LogP contribution in [0.4, 0.5) is 0 Å². The number of benzene rings is 2. The van der Waals surface area contributed by atoms with Gasteiger partial charge in [0.05, 0.1) is 12.5 Å². The van der Waals surface area contributed by atoms with E-state index in [1.807, 2.05) is 30.3 Å². The van der Waals surface area contributed by atoms with Crippen LogP contribution in [0.5, 0.6) is 5.75 Å². The van der Waals surface area contributed by atoms with E-state index >= 15 is 0 Å². The molecule has 0 aliphatic carbocycles. The normalized spacial score (nSPS) is 10.8. The van der Waals surface area contributed by atoms with Crippen molar-refractivity contribution in [3.05, 3.63) is 65.7 Å². The summed E-state index contributed by atoms with van der Waals surface area (Å²) in [6.07, 6.45) is 0. The SMILES string of the molecule is COc1ccccc1C(=O)OCC(C)(C)C(=O)OCc1ccccc1. The Morgan fingerprint density at radius 1 is 0.920 bits per heavy atom. The predicted octanol–water partition coefficient (Wildman–Crippen LogP) is 3.62. The smallest absolute Gasteiger partial charge is 0.341 e. The standard InChI is InChI=1S/C20H22O5/c1-20(2,19(22)24-13-15-9-5-4-6-10-15)14-25-18(21)16-11-7-8-12-17(16)23-3/h4-12H,13-14H2,1-3H3. The van der Waals surface area contributed by atoms with Crippen molar-refractivity contribution < 1.29 is 23.8 Å². The molecule has 0 saturated heterocycles. The quantitative estimate of drug-likeness (QED) is 0.719. The molecule has 0 N–H and O–H groups in total. The summed E-state index contributed by atoms with van der Waals surface area (Å²) in [6, 6.07) is 16.2. The van der Waals surface area contributed by atoms with Crippen molar-refractivity contribution in [1.29, 1.82) is 0 Å². The molecule has 2 aromatic rings. The second-order valence-electron chi connectivity index (χ2n) is 6.22. The molecule has 0 bridgehead atoms. The molecule has 0 spiro atoms. The molecule has 0 heterocycles. The number of carbonyl (C=O) groups excluding carboxylic acids is 2. The average molecular weight is 342 g/mol. The Balaban J connectivity index is 1.91. The van der Waals surface area contributed by atoms with E-state index in [1.54, 1.807) is 38.1 Å². The Bertz CT molecular complexity index is 722. The molecule has 0 unspecified atom stereocenters. The number of hydrogen-bond donors (Lipinski definition) is 0. The van der Waals surface area contributed by atoms with Gasteiger partial charge >= 0.3 is 11.9 Å². The van der Waals surface area contributed by atoms with E-state index in [0.29, 0.717) is 11.3 Å². The molecular weight excluding hydrogens is 320 g/mol. The fourth-order valence-electron chi connectivity index (χ4n) is 2.11. The third kappa shape index (κ3) is 5.08. The molecular formula is C20H22O5. The van der Waals surface area contributed by atoms with Gasteiger partial charge in [-0.1, -0.05) is 42.5 Å². The van der Waals surface area contributed by atoms with Crippen LogP contribution in [0.1, 0.15) is 29.8 Å². The van der Waals surface area contributed by atoms with Crippen molar-refractivity contribution in [3.8, 4) is 5.75 Å². The number of rotatable bonds is 7. The number of esters is 2. The van der Waals surface area contributed by atoms with Crippen molar-refractivity contribution in [2.24, 2.45) is 5.41 Å². The summed E-state index contributed by atoms with van der Waals surface area (Å²) in [4.78, 5) is 24.5. The minimum Gasteiger partial charge on any atom is -0.496 e. The Hall–Kier alpha value is -2.82. The van der Waals surface area contributed by atoms with Crippen molar-refractivity contribution in [3.63, 3.8) is 0 Å². The molecule has 2 rings (SSSR count). The molecule has 0 atom stereocenters. The molecule has 132 valence electrons. The van der Waals surface area contributed by atoms with Gasteiger partial charge in [0.2, 0.25) is 0 Å². The largest absolute Gasteiger partial charge is 0.496 e. The molecule has 0 saturated carbocycles. The van der Waals surface area contributed by atoms with Crippen LogP contribution < -0.4 is 4.74 Å². The first kappa shape index (κ1) is 18.5. The zero-order valence-electron chi connectivity index (χ0n) is 14.7. The zero-order chi connectivity index (χ0) is 18.3. The lowest BCUT2D eigenvalue weighted by Crippen LogP contribution is -2.32. The van der Waals surface area contributed by atoms with Gasteiger partial charge in [-0.25, -0.2) is 4.79 Å². The van der Waals surface area contributed by atoms with Crippen LogP contribution >= 0.6 is 0 Å². The van der Waals surface area contributed by atoms with Crippen LogP contribution in [0, 0.1) is 5.41 Å². The second kappa shape index (κ2) is 8.33. The second-order valence-corrected chi connectivity index (χ2v) is 6.22. The van der Waals surface area contributed by atoms with Gasteiger partial charge in [-0.05, 0) is 31.5 Å². The molecule has 2 aromatic carbocycles. The maximum absolute atomic E-state index is 12.3. The minimum atomic E-state index is -0.952. The Morgan fingerprint density at radius 2 is 1.56 bits per heavy atom. The van der Waals surface area contributed by atoms with Crippen LogP contribution in [-0.4, -0.2) is 25.7 Å². The fourth-order valence-corrected chi connectivity index (χ4v) is 2.11. The molecule has 0 aliphatic rings. The summed E-state index contributed by atoms with van der Waals surface area (Å²) in [5.41, 5.74) is 0.267. The topological polar surface area (TPSA) is 61.8 Å². The molecule has 0 fully saturated rings. The molecule has 0 aromatic heterocycles. The number of ether oxygens (including phenoxy) is 3. The predicted molar refractivity (Wildman–Crippen MR) is 93.3 cm³/mol. The summed E-state index contributed by atoms with van der Waals surface area (Å²) in [7, 11) is 1.48. The van der Waals surface area contributed by atoms with Crippen molar-refractivity contribution in [2.45, 2.75) is 20.5 Å². The van der Waals surface area contributed by atoms with Gasteiger partial charge in [-0.3, -0.25) is 4.79 Å². The molecule has 0 amide bonds. The van der Waals surface area contributed by atoms with Gasteiger partial charge in [-0.15, -0.1) is 0 Å². The minimum absolute atomic E-state index is 0.0858. The van der Waals surface area contributed by atoms with E-state index in [4.69, 9.17) is 14.2 Å². The molecule has 5 nitrogen and oxygen atoms in total. The van der Waals surface area contributed by atoms with Crippen LogP contribution in [-0.2, 0) is 20.9 Å². The zero-order valence-corrected chi connectivity index (χ0v) is 14.7. The fraction of sp³-hybridized carbons (Fsp3) is 0.300. The molecule has 0 aliphatic heterocycles. The monoisotopic (exact) mass is 342 g/mol. The van der Waals surface area contributed by atoms with Gasteiger partial charge in [0.25, 0.3) is 0 Å². The van der Waals surface area contributed by atoms with Crippen molar-refractivity contribution in [2.75, 3.05) is 13.7 Å². The highest BCUT2D eigenvalue weighted by Crippen LogP contribution is 2.22. The van der Waals surface area contributed by atoms with Gasteiger partial charge < -0.3 is 14.2 Å². The van der Waals surface area contributed by atoms with Crippen LogP contribution in [0.2, 0.25) is 0 Å². The van der Waals surface area contributed by atoms with Crippen LogP contribution in [0.15, 0.2) is 54.6 Å². The number of hydrogen-bond acceptors (Lipinski definition) is 5. The summed E-state index contributed by atoms with van der Waals surface area (Å²) in [5.74, 6) is -0.539. The maximum Gasteiger partial charge on any atom is 0.341 e. The lowest BCUT2D eigenvalue weighted by molar-refractivity contribution is -0.157. The lowest BCUT2D eigenvalue weighted by atomic mass is 9.95. The number of methoxy groups -OCH3 is 1. The molecule has 0 radical (unpaired) electrons. The highest BCUT2D eigenvalue weighted by atomic mass is 16.6. The highest BCUT2D eigenvalue weighted by molar-refractivity contribution is 5.92. The van der Waals surface area contributed by atoms with Gasteiger partial charge in [0.1, 0.15) is 24.5 Å². The summed E-state index contributed by atoms with van der Waals surface area (Å²) >= 11 is 0. The lowest BCUT2D eigenvalue weighted by Gasteiger charge is -2.22. The van der Waals surface area contributed by atoms with Crippen molar-refractivity contribution in [1.82, 2.24) is 0 Å². The number of carbonyl (C=O) groups is 2. The third-order valence-electron chi connectivity index (χ3n) is 3.66. The average Bonchev–Trinajstić information content (AvgIpc) is 2.64. The first-order valence-corrected chi connectivity index (χ1v) is 7.95. The maximum atomic E-state index is 12.3. The Morgan fingerprint density at radius 3 is 2.24 bits per heavy atom. The van der Waals surface area contributed by atoms with Crippen LogP contribution in [0.25, 0.3) is 0 Å². The first-order valence-electron chi connectivity index (χ1n) is 7.95. The molecule has 5 heteroatoms. The highest BCUT2D eigenvalue weighted by Gasteiger charge is 2.32. The van der Waals surface area contributed by atoms with Gasteiger partial charge in [0.15, 0.2) is 0 Å². The van der Waals surface area contributed by atoms with E-state index in [-0.39, 0.29) is 13.2 Å². The summed E-state index contributed by atoms with van der Waals surface area (Å²) in [6.45, 7) is 3.45. The van der Waals surface area contributed by atoms with E-state index in [9.17, 15) is 9.59 Å². The van der Waals surface area contributed by atoms with Gasteiger partial charge in [-0.2, -0.15) is 0 Å². The van der Waals surface area contributed by atoms with E-state index in [0.717, 1.165) is 5.56 Å². The van der Waals surface area contributed by atoms with E-state index in [2.05, 4.69) is 0 Å². The van der Waals surface area contributed by atoms with E-state index in [1.165, 1.54) is 7.11 Å².